The molecule has 0 radical (unpaired) electrons. The summed E-state index contributed by atoms with van der Waals surface area (Å²) in [5.41, 5.74) is 2.09. The number of amides is 1. The van der Waals surface area contributed by atoms with E-state index in [9.17, 15) is 4.79 Å². The molecule has 154 valence electrons. The summed E-state index contributed by atoms with van der Waals surface area (Å²) in [5, 5.41) is 9.70. The number of aliphatic imine (C=N–C) groups is 1. The van der Waals surface area contributed by atoms with Crippen LogP contribution in [0.5, 0.6) is 0 Å². The summed E-state index contributed by atoms with van der Waals surface area (Å²) in [6, 6.07) is 8.63. The number of nitrogens with zero attached hydrogens (tertiary/aromatic N) is 2. The van der Waals surface area contributed by atoms with Gasteiger partial charge in [0.2, 0.25) is 5.91 Å². The van der Waals surface area contributed by atoms with Crippen LogP contribution >= 0.6 is 24.0 Å². The van der Waals surface area contributed by atoms with E-state index in [1.54, 1.807) is 7.05 Å². The van der Waals surface area contributed by atoms with E-state index in [1.807, 2.05) is 18.2 Å². The molecular formula is C20H30IN5O2. The van der Waals surface area contributed by atoms with Crippen LogP contribution in [0.15, 0.2) is 29.3 Å². The highest BCUT2D eigenvalue weighted by Crippen LogP contribution is 2.31. The molecule has 0 spiro atoms. The molecule has 3 aliphatic heterocycles. The quantitative estimate of drug-likeness (QED) is 0.335. The van der Waals surface area contributed by atoms with Gasteiger partial charge < -0.3 is 20.7 Å². The second-order valence-corrected chi connectivity index (χ2v) is 7.62. The summed E-state index contributed by atoms with van der Waals surface area (Å²) in [6.07, 6.45) is 3.23. The maximum Gasteiger partial charge on any atom is 0.225 e. The van der Waals surface area contributed by atoms with Crippen molar-refractivity contribution in [3.8, 4) is 0 Å². The van der Waals surface area contributed by atoms with E-state index < -0.39 is 0 Å². The second-order valence-electron chi connectivity index (χ2n) is 7.62. The minimum Gasteiger partial charge on any atom is -0.373 e. The molecule has 0 saturated carbocycles. The number of carbonyl (C=O) groups excluding carboxylic acids is 1. The molecule has 2 saturated heterocycles. The molecule has 8 heteroatoms. The zero-order valence-electron chi connectivity index (χ0n) is 16.3. The van der Waals surface area contributed by atoms with E-state index in [2.05, 4.69) is 31.9 Å². The first kappa shape index (κ1) is 21.3. The Balaban J connectivity index is 0.00000225. The maximum atomic E-state index is 12.0. The molecule has 3 heterocycles. The zero-order chi connectivity index (χ0) is 18.6. The number of nitrogens with one attached hydrogen (secondary N) is 3. The summed E-state index contributed by atoms with van der Waals surface area (Å²) >= 11 is 0. The summed E-state index contributed by atoms with van der Waals surface area (Å²) < 4.78 is 6.00. The average molecular weight is 499 g/mol. The number of carbonyl (C=O) groups is 1. The molecule has 1 aromatic rings. The highest BCUT2D eigenvalue weighted by Gasteiger charge is 2.32. The second kappa shape index (κ2) is 9.89. The van der Waals surface area contributed by atoms with Crippen LogP contribution in [0.25, 0.3) is 0 Å². The van der Waals surface area contributed by atoms with Crippen molar-refractivity contribution >= 4 is 41.5 Å². The number of benzene rings is 1. The Labute approximate surface area is 183 Å². The van der Waals surface area contributed by atoms with E-state index >= 15 is 0 Å². The van der Waals surface area contributed by atoms with E-state index in [4.69, 9.17) is 4.74 Å². The lowest BCUT2D eigenvalue weighted by molar-refractivity contribution is -0.116. The minimum atomic E-state index is 0. The molecule has 3 aliphatic rings. The Bertz CT molecular complexity index is 714. The van der Waals surface area contributed by atoms with Gasteiger partial charge in [0, 0.05) is 50.7 Å². The van der Waals surface area contributed by atoms with Crippen LogP contribution in [-0.2, 0) is 9.53 Å². The number of rotatable bonds is 4. The van der Waals surface area contributed by atoms with Crippen LogP contribution in [0, 0.1) is 0 Å². The molecule has 2 fully saturated rings. The van der Waals surface area contributed by atoms with Gasteiger partial charge >= 0.3 is 0 Å². The predicted molar refractivity (Wildman–Crippen MR) is 122 cm³/mol. The molecule has 1 aromatic carbocycles. The first-order chi connectivity index (χ1) is 13.2. The first-order valence-corrected chi connectivity index (χ1v) is 9.92. The number of hydrogen-bond acceptors (Lipinski definition) is 4. The lowest BCUT2D eigenvalue weighted by atomic mass is 9.90. The van der Waals surface area contributed by atoms with Crippen molar-refractivity contribution in [1.82, 2.24) is 15.5 Å². The molecule has 0 aromatic heterocycles. The molecule has 3 unspecified atom stereocenters. The number of ether oxygens (including phenoxy) is 1. The smallest absolute Gasteiger partial charge is 0.225 e. The molecule has 1 amide bonds. The largest absolute Gasteiger partial charge is 0.373 e. The number of halogens is 1. The van der Waals surface area contributed by atoms with E-state index in [0.717, 1.165) is 31.3 Å². The normalized spacial score (nSPS) is 27.2. The van der Waals surface area contributed by atoms with Crippen LogP contribution in [0.1, 0.15) is 30.7 Å². The first-order valence-electron chi connectivity index (χ1n) is 9.92. The topological polar surface area (TPSA) is 78.0 Å². The third-order valence-electron chi connectivity index (χ3n) is 5.80. The molecule has 3 N–H and O–H groups in total. The molecule has 0 bridgehead atoms. The van der Waals surface area contributed by atoms with Crippen molar-refractivity contribution in [1.29, 1.82) is 0 Å². The highest BCUT2D eigenvalue weighted by molar-refractivity contribution is 14.0. The van der Waals surface area contributed by atoms with E-state index in [0.29, 0.717) is 19.0 Å². The van der Waals surface area contributed by atoms with E-state index in [1.165, 1.54) is 24.9 Å². The number of anilines is 1. The number of guanidine groups is 1. The average Bonchev–Trinajstić information content (AvgIpc) is 3.15. The van der Waals surface area contributed by atoms with Crippen LogP contribution in [0.4, 0.5) is 5.69 Å². The lowest BCUT2D eigenvalue weighted by Crippen LogP contribution is -2.51. The van der Waals surface area contributed by atoms with Crippen molar-refractivity contribution in [3.63, 3.8) is 0 Å². The van der Waals surface area contributed by atoms with Gasteiger partial charge in [-0.25, -0.2) is 0 Å². The maximum absolute atomic E-state index is 12.0. The van der Waals surface area contributed by atoms with Gasteiger partial charge in [0.05, 0.1) is 12.7 Å². The number of morpholine rings is 1. The fraction of sp³-hybridized carbons (Fsp3) is 0.600. The Morgan fingerprint density at radius 2 is 2.14 bits per heavy atom. The van der Waals surface area contributed by atoms with Gasteiger partial charge in [-0.15, -0.1) is 24.0 Å². The van der Waals surface area contributed by atoms with Crippen LogP contribution in [-0.4, -0.2) is 68.7 Å². The minimum absolute atomic E-state index is 0. The fourth-order valence-corrected chi connectivity index (χ4v) is 4.34. The molecule has 0 aliphatic carbocycles. The monoisotopic (exact) mass is 499 g/mol. The Morgan fingerprint density at radius 3 is 3.00 bits per heavy atom. The fourth-order valence-electron chi connectivity index (χ4n) is 4.34. The van der Waals surface area contributed by atoms with Crippen molar-refractivity contribution in [2.24, 2.45) is 4.99 Å². The van der Waals surface area contributed by atoms with Gasteiger partial charge in [-0.3, -0.25) is 14.7 Å². The predicted octanol–water partition coefficient (Wildman–Crippen LogP) is 1.76. The summed E-state index contributed by atoms with van der Waals surface area (Å²) in [5.74, 6) is 0.967. The van der Waals surface area contributed by atoms with Gasteiger partial charge in [0.25, 0.3) is 0 Å². The lowest BCUT2D eigenvalue weighted by Gasteiger charge is -2.35. The molecule has 4 rings (SSSR count). The Hall–Kier alpha value is -1.39. The summed E-state index contributed by atoms with van der Waals surface area (Å²) in [6.45, 7) is 4.44. The SMILES string of the molecule is CN=C(NCC1CN2CCCC2CO1)NCC1CC(=O)Nc2ccccc21.I. The number of hydrogen-bond donors (Lipinski definition) is 3. The third kappa shape index (κ3) is 4.96. The van der Waals surface area contributed by atoms with Crippen LogP contribution in [0.2, 0.25) is 0 Å². The molecule has 7 nitrogen and oxygen atoms in total. The van der Waals surface area contributed by atoms with Crippen molar-refractivity contribution in [2.75, 3.05) is 45.2 Å². The van der Waals surface area contributed by atoms with Crippen molar-refractivity contribution in [2.45, 2.75) is 37.3 Å². The van der Waals surface area contributed by atoms with Gasteiger partial charge in [0.15, 0.2) is 5.96 Å². The van der Waals surface area contributed by atoms with Gasteiger partial charge in [0.1, 0.15) is 0 Å². The van der Waals surface area contributed by atoms with Crippen LogP contribution in [0.3, 0.4) is 0 Å². The number of para-hydroxylation sites is 1. The molecule has 3 atom stereocenters. The Morgan fingerprint density at radius 1 is 1.32 bits per heavy atom. The molecular weight excluding hydrogens is 469 g/mol. The van der Waals surface area contributed by atoms with Gasteiger partial charge in [-0.1, -0.05) is 18.2 Å². The third-order valence-corrected chi connectivity index (χ3v) is 5.80. The van der Waals surface area contributed by atoms with E-state index in [-0.39, 0.29) is 41.9 Å². The highest BCUT2D eigenvalue weighted by atomic mass is 127. The Kier molecular flexibility index (Phi) is 7.53. The summed E-state index contributed by atoms with van der Waals surface area (Å²) in [4.78, 5) is 18.8. The number of fused-ring (bicyclic) bond motifs is 2. The summed E-state index contributed by atoms with van der Waals surface area (Å²) in [7, 11) is 1.77. The molecule has 28 heavy (non-hydrogen) atoms. The van der Waals surface area contributed by atoms with Crippen molar-refractivity contribution < 1.29 is 9.53 Å². The standard InChI is InChI=1S/C20H29N5O2.HI/c1-21-20(23-11-16-12-25-8-4-5-15(25)13-27-16)22-10-14-9-19(26)24-18-7-3-2-6-17(14)18;/h2-3,6-7,14-16H,4-5,8-13H2,1H3,(H,24,26)(H2,21,22,23);1H. The zero-order valence-corrected chi connectivity index (χ0v) is 18.6. The van der Waals surface area contributed by atoms with Crippen LogP contribution < -0.4 is 16.0 Å². The van der Waals surface area contributed by atoms with Gasteiger partial charge in [-0.05, 0) is 31.0 Å². The van der Waals surface area contributed by atoms with Gasteiger partial charge in [-0.2, -0.15) is 0 Å². The van der Waals surface area contributed by atoms with Crippen molar-refractivity contribution in [3.05, 3.63) is 29.8 Å².